The standard InChI is InChI=1S/C14H20N6O/c1-3-16-14(21)10-4-5-11(15)12(8-10)17-7-6-13-18-9-20(2)19-13/h4-5,8-9,17H,3,6-7,15H2,1-2H3,(H,16,21). The molecular weight excluding hydrogens is 268 g/mol. The Morgan fingerprint density at radius 2 is 2.24 bits per heavy atom. The summed E-state index contributed by atoms with van der Waals surface area (Å²) in [6.07, 6.45) is 2.35. The van der Waals surface area contributed by atoms with Gasteiger partial charge in [0, 0.05) is 32.1 Å². The molecule has 0 unspecified atom stereocenters. The van der Waals surface area contributed by atoms with E-state index in [1.807, 2.05) is 14.0 Å². The molecule has 0 saturated carbocycles. The summed E-state index contributed by atoms with van der Waals surface area (Å²) in [5.74, 6) is 0.662. The van der Waals surface area contributed by atoms with Crippen molar-refractivity contribution in [1.29, 1.82) is 0 Å². The van der Waals surface area contributed by atoms with E-state index in [2.05, 4.69) is 20.7 Å². The van der Waals surface area contributed by atoms with Crippen molar-refractivity contribution >= 4 is 17.3 Å². The maximum atomic E-state index is 11.8. The molecule has 0 fully saturated rings. The molecule has 4 N–H and O–H groups in total. The molecule has 1 amide bonds. The van der Waals surface area contributed by atoms with Gasteiger partial charge in [0.25, 0.3) is 5.91 Å². The van der Waals surface area contributed by atoms with Crippen LogP contribution in [-0.4, -0.2) is 33.8 Å². The SMILES string of the molecule is CCNC(=O)c1ccc(N)c(NCCc2ncn(C)n2)c1. The van der Waals surface area contributed by atoms with Gasteiger partial charge in [-0.05, 0) is 25.1 Å². The van der Waals surface area contributed by atoms with E-state index < -0.39 is 0 Å². The molecule has 7 heteroatoms. The summed E-state index contributed by atoms with van der Waals surface area (Å²) in [6.45, 7) is 3.12. The quantitative estimate of drug-likeness (QED) is 0.683. The minimum Gasteiger partial charge on any atom is -0.397 e. The number of aryl methyl sites for hydroxylation is 1. The molecule has 112 valence electrons. The number of anilines is 2. The third kappa shape index (κ3) is 3.95. The van der Waals surface area contributed by atoms with Crippen LogP contribution in [0.15, 0.2) is 24.5 Å². The van der Waals surface area contributed by atoms with E-state index in [4.69, 9.17) is 5.73 Å². The third-order valence-corrected chi connectivity index (χ3v) is 2.96. The van der Waals surface area contributed by atoms with Gasteiger partial charge in [0.2, 0.25) is 0 Å². The van der Waals surface area contributed by atoms with Gasteiger partial charge in [0.05, 0.1) is 11.4 Å². The molecule has 1 heterocycles. The number of benzene rings is 1. The monoisotopic (exact) mass is 288 g/mol. The summed E-state index contributed by atoms with van der Waals surface area (Å²) in [4.78, 5) is 16.0. The summed E-state index contributed by atoms with van der Waals surface area (Å²) in [7, 11) is 1.83. The number of rotatable bonds is 6. The number of nitrogens with zero attached hydrogens (tertiary/aromatic N) is 3. The lowest BCUT2D eigenvalue weighted by Crippen LogP contribution is -2.22. The lowest BCUT2D eigenvalue weighted by Gasteiger charge is -2.10. The molecule has 0 aliphatic carbocycles. The Kier molecular flexibility index (Phi) is 4.76. The van der Waals surface area contributed by atoms with Crippen LogP contribution in [0.3, 0.4) is 0 Å². The lowest BCUT2D eigenvalue weighted by atomic mass is 10.1. The molecule has 1 aromatic carbocycles. The fraction of sp³-hybridized carbons (Fsp3) is 0.357. The molecule has 2 aromatic rings. The van der Waals surface area contributed by atoms with Crippen molar-refractivity contribution in [3.63, 3.8) is 0 Å². The second-order valence-electron chi connectivity index (χ2n) is 4.67. The highest BCUT2D eigenvalue weighted by molar-refractivity contribution is 5.96. The number of aromatic nitrogens is 3. The highest BCUT2D eigenvalue weighted by Crippen LogP contribution is 2.20. The van der Waals surface area contributed by atoms with E-state index >= 15 is 0 Å². The number of hydrogen-bond donors (Lipinski definition) is 3. The van der Waals surface area contributed by atoms with Crippen molar-refractivity contribution < 1.29 is 4.79 Å². The van der Waals surface area contributed by atoms with Crippen molar-refractivity contribution in [3.05, 3.63) is 35.9 Å². The predicted octanol–water partition coefficient (Wildman–Crippen LogP) is 0.802. The Hall–Kier alpha value is -2.57. The number of carbonyl (C=O) groups excluding carboxylic acids is 1. The summed E-state index contributed by atoms with van der Waals surface area (Å²) >= 11 is 0. The van der Waals surface area contributed by atoms with Crippen LogP contribution in [0.25, 0.3) is 0 Å². The summed E-state index contributed by atoms with van der Waals surface area (Å²) in [5, 5.41) is 10.2. The van der Waals surface area contributed by atoms with Gasteiger partial charge in [-0.1, -0.05) is 0 Å². The number of nitrogen functional groups attached to an aromatic ring is 1. The maximum Gasteiger partial charge on any atom is 0.251 e. The third-order valence-electron chi connectivity index (χ3n) is 2.96. The van der Waals surface area contributed by atoms with Crippen LogP contribution in [0.1, 0.15) is 23.1 Å². The second-order valence-corrected chi connectivity index (χ2v) is 4.67. The molecule has 0 bridgehead atoms. The van der Waals surface area contributed by atoms with Gasteiger partial charge >= 0.3 is 0 Å². The Bertz CT molecular complexity index is 622. The molecule has 21 heavy (non-hydrogen) atoms. The molecule has 2 rings (SSSR count). The molecule has 0 radical (unpaired) electrons. The number of nitrogens with two attached hydrogens (primary N) is 1. The molecule has 0 saturated heterocycles. The summed E-state index contributed by atoms with van der Waals surface area (Å²) in [6, 6.07) is 5.20. The highest BCUT2D eigenvalue weighted by Gasteiger charge is 2.07. The molecule has 0 aliphatic heterocycles. The van der Waals surface area contributed by atoms with Crippen molar-refractivity contribution in [2.45, 2.75) is 13.3 Å². The van der Waals surface area contributed by atoms with Crippen molar-refractivity contribution in [1.82, 2.24) is 20.1 Å². The van der Waals surface area contributed by atoms with E-state index in [0.717, 1.165) is 11.5 Å². The topological polar surface area (TPSA) is 97.9 Å². The average molecular weight is 288 g/mol. The Morgan fingerprint density at radius 1 is 1.43 bits per heavy atom. The van der Waals surface area contributed by atoms with Crippen LogP contribution in [0.5, 0.6) is 0 Å². The molecule has 1 aromatic heterocycles. The first-order valence-corrected chi connectivity index (χ1v) is 6.86. The summed E-state index contributed by atoms with van der Waals surface area (Å²) < 4.78 is 1.67. The number of hydrogen-bond acceptors (Lipinski definition) is 5. The smallest absolute Gasteiger partial charge is 0.251 e. The van der Waals surface area contributed by atoms with Crippen molar-refractivity contribution in [2.24, 2.45) is 7.05 Å². The lowest BCUT2D eigenvalue weighted by molar-refractivity contribution is 0.0956. The van der Waals surface area contributed by atoms with E-state index in [1.165, 1.54) is 0 Å². The van der Waals surface area contributed by atoms with E-state index in [9.17, 15) is 4.79 Å². The van der Waals surface area contributed by atoms with Gasteiger partial charge in [0.1, 0.15) is 6.33 Å². The fourth-order valence-electron chi connectivity index (χ4n) is 1.92. The van der Waals surface area contributed by atoms with Crippen molar-refractivity contribution in [3.8, 4) is 0 Å². The zero-order valence-electron chi connectivity index (χ0n) is 12.3. The Morgan fingerprint density at radius 3 is 2.90 bits per heavy atom. The maximum absolute atomic E-state index is 11.8. The first-order chi connectivity index (χ1) is 10.1. The largest absolute Gasteiger partial charge is 0.397 e. The van der Waals surface area contributed by atoms with Crippen LogP contribution in [0.4, 0.5) is 11.4 Å². The van der Waals surface area contributed by atoms with Crippen LogP contribution >= 0.6 is 0 Å². The minimum atomic E-state index is -0.105. The zero-order chi connectivity index (χ0) is 15.2. The number of nitrogens with one attached hydrogen (secondary N) is 2. The van der Waals surface area contributed by atoms with Gasteiger partial charge in [0.15, 0.2) is 5.82 Å². The van der Waals surface area contributed by atoms with Gasteiger partial charge in [-0.25, -0.2) is 4.98 Å². The van der Waals surface area contributed by atoms with Crippen LogP contribution in [0.2, 0.25) is 0 Å². The first-order valence-electron chi connectivity index (χ1n) is 6.86. The summed E-state index contributed by atoms with van der Waals surface area (Å²) in [5.41, 5.74) is 7.86. The van der Waals surface area contributed by atoms with Crippen LogP contribution in [0, 0.1) is 0 Å². The zero-order valence-corrected chi connectivity index (χ0v) is 12.3. The van der Waals surface area contributed by atoms with E-state index in [-0.39, 0.29) is 5.91 Å². The number of carbonyl (C=O) groups is 1. The molecule has 0 spiro atoms. The fourth-order valence-corrected chi connectivity index (χ4v) is 1.92. The van der Waals surface area contributed by atoms with Gasteiger partial charge in [-0.3, -0.25) is 9.48 Å². The molecule has 0 aliphatic rings. The first kappa shape index (κ1) is 14.8. The predicted molar refractivity (Wildman–Crippen MR) is 82.1 cm³/mol. The van der Waals surface area contributed by atoms with Gasteiger partial charge in [-0.2, -0.15) is 5.10 Å². The molecule has 7 nitrogen and oxygen atoms in total. The van der Waals surface area contributed by atoms with E-state index in [1.54, 1.807) is 29.2 Å². The minimum absolute atomic E-state index is 0.105. The van der Waals surface area contributed by atoms with Gasteiger partial charge < -0.3 is 16.4 Å². The Labute approximate surface area is 123 Å². The highest BCUT2D eigenvalue weighted by atomic mass is 16.1. The van der Waals surface area contributed by atoms with Crippen molar-refractivity contribution in [2.75, 3.05) is 24.1 Å². The normalized spacial score (nSPS) is 10.4. The second kappa shape index (κ2) is 6.74. The van der Waals surface area contributed by atoms with Crippen LogP contribution < -0.4 is 16.4 Å². The van der Waals surface area contributed by atoms with Crippen LogP contribution in [-0.2, 0) is 13.5 Å². The Balaban J connectivity index is 1.98. The molecule has 0 atom stereocenters. The van der Waals surface area contributed by atoms with Gasteiger partial charge in [-0.15, -0.1) is 0 Å². The average Bonchev–Trinajstić information content (AvgIpc) is 2.87. The molecular formula is C14H20N6O. The number of amides is 1. The van der Waals surface area contributed by atoms with E-state index in [0.29, 0.717) is 30.8 Å².